The maximum atomic E-state index is 12.6. The Kier molecular flexibility index (Phi) is 2.37. The third kappa shape index (κ3) is 1.88. The molecule has 0 aliphatic heterocycles. The van der Waals surface area contributed by atoms with Gasteiger partial charge in [-0.1, -0.05) is 12.1 Å². The van der Waals surface area contributed by atoms with E-state index in [-0.39, 0.29) is 5.91 Å². The van der Waals surface area contributed by atoms with E-state index in [4.69, 9.17) is 0 Å². The highest BCUT2D eigenvalue weighted by Crippen LogP contribution is 2.51. The Morgan fingerprint density at radius 2 is 2.14 bits per heavy atom. The second-order valence-electron chi connectivity index (χ2n) is 6.22. The molecule has 1 N–H and O–H groups in total. The predicted octanol–water partition coefficient (Wildman–Crippen LogP) is 2.94. The predicted molar refractivity (Wildman–Crippen MR) is 81.3 cm³/mol. The van der Waals surface area contributed by atoms with Crippen molar-refractivity contribution < 1.29 is 4.79 Å². The van der Waals surface area contributed by atoms with Crippen molar-refractivity contribution in [1.82, 2.24) is 10.3 Å². The maximum absolute atomic E-state index is 12.6. The fraction of sp³-hybridized carbons (Fsp3) is 0.222. The summed E-state index contributed by atoms with van der Waals surface area (Å²) in [7, 11) is 0. The second kappa shape index (κ2) is 4.04. The topological polar surface area (TPSA) is 42.0 Å². The quantitative estimate of drug-likeness (QED) is 0.922. The normalized spacial score (nSPS) is 18.7. The van der Waals surface area contributed by atoms with Gasteiger partial charge >= 0.3 is 0 Å². The molecule has 1 fully saturated rings. The Bertz CT molecular complexity index is 777. The van der Waals surface area contributed by atoms with E-state index in [1.54, 1.807) is 12.4 Å². The number of allylic oxidation sites excluding steroid dienone is 6. The van der Waals surface area contributed by atoms with Gasteiger partial charge in [-0.2, -0.15) is 0 Å². The average Bonchev–Trinajstić information content (AvgIpc) is 2.94. The van der Waals surface area contributed by atoms with Crippen LogP contribution in [0.15, 0.2) is 70.6 Å². The van der Waals surface area contributed by atoms with E-state index in [2.05, 4.69) is 22.5 Å². The minimum absolute atomic E-state index is 0.0242. The molecule has 104 valence electrons. The fourth-order valence-electron chi connectivity index (χ4n) is 2.99. The summed E-state index contributed by atoms with van der Waals surface area (Å²) in [4.78, 5) is 16.7. The average molecular weight is 276 g/mol. The summed E-state index contributed by atoms with van der Waals surface area (Å²) in [5.74, 6) is -0.0242. The number of nitrogens with one attached hydrogen (secondary N) is 1. The number of hydrogen-bond donors (Lipinski definition) is 1. The minimum atomic E-state index is -0.447. The van der Waals surface area contributed by atoms with E-state index in [1.807, 2.05) is 32.1 Å². The van der Waals surface area contributed by atoms with Crippen LogP contribution in [0.4, 0.5) is 0 Å². The van der Waals surface area contributed by atoms with Crippen molar-refractivity contribution in [3.8, 4) is 0 Å². The molecule has 1 heterocycles. The third-order valence-corrected chi connectivity index (χ3v) is 4.32. The molecule has 0 atom stereocenters. The van der Waals surface area contributed by atoms with Crippen LogP contribution in [0.5, 0.6) is 0 Å². The Hall–Kier alpha value is -2.42. The lowest BCUT2D eigenvalue weighted by Crippen LogP contribution is -2.41. The summed E-state index contributed by atoms with van der Waals surface area (Å²) in [5.41, 5.74) is 6.46. The second-order valence-corrected chi connectivity index (χ2v) is 6.22. The van der Waals surface area contributed by atoms with Crippen molar-refractivity contribution >= 4 is 5.91 Å². The largest absolute Gasteiger partial charge is 0.343 e. The van der Waals surface area contributed by atoms with Gasteiger partial charge in [0, 0.05) is 18.0 Å². The number of rotatable bonds is 3. The van der Waals surface area contributed by atoms with Crippen molar-refractivity contribution in [2.45, 2.75) is 25.8 Å². The van der Waals surface area contributed by atoms with Crippen molar-refractivity contribution in [2.24, 2.45) is 0 Å². The lowest BCUT2D eigenvalue weighted by Gasteiger charge is -2.26. The van der Waals surface area contributed by atoms with Gasteiger partial charge in [0.1, 0.15) is 0 Å². The highest BCUT2D eigenvalue weighted by molar-refractivity contribution is 6.02. The molecule has 0 aromatic carbocycles. The Morgan fingerprint density at radius 1 is 1.29 bits per heavy atom. The summed E-state index contributed by atoms with van der Waals surface area (Å²) in [6.07, 6.45) is 10.8. The van der Waals surface area contributed by atoms with Gasteiger partial charge < -0.3 is 5.32 Å². The molecule has 21 heavy (non-hydrogen) atoms. The fourth-order valence-corrected chi connectivity index (χ4v) is 2.99. The highest BCUT2D eigenvalue weighted by Gasteiger charge is 2.36. The summed E-state index contributed by atoms with van der Waals surface area (Å²) in [6, 6.07) is 3.87. The molecule has 3 heteroatoms. The maximum Gasteiger partial charge on any atom is 0.252 e. The van der Waals surface area contributed by atoms with Crippen LogP contribution in [0, 0.1) is 0 Å². The number of aromatic nitrogens is 1. The van der Waals surface area contributed by atoms with E-state index >= 15 is 0 Å². The standard InChI is InChI=1S/C18H16N2O/c1-18(2,12-4-3-7-19-10-12)20-17(21)14-6-5-13-15-8-11(15)9-16(13)14/h3-7,9-10H,8H2,1-2H3,(H,20,21). The van der Waals surface area contributed by atoms with Gasteiger partial charge in [0.05, 0.1) is 5.54 Å². The van der Waals surface area contributed by atoms with Crippen LogP contribution in [-0.4, -0.2) is 10.9 Å². The van der Waals surface area contributed by atoms with Crippen LogP contribution < -0.4 is 5.32 Å². The molecule has 4 rings (SSSR count). The molecule has 0 saturated heterocycles. The number of fused-ring (bicyclic) bond motifs is 2. The molecule has 0 bridgehead atoms. The number of carbonyl (C=O) groups excluding carboxylic acids is 1. The van der Waals surface area contributed by atoms with Crippen LogP contribution in [0.25, 0.3) is 0 Å². The zero-order valence-electron chi connectivity index (χ0n) is 12.1. The molecule has 1 aromatic heterocycles. The van der Waals surface area contributed by atoms with Crippen molar-refractivity contribution in [1.29, 1.82) is 0 Å². The van der Waals surface area contributed by atoms with Gasteiger partial charge in [0.15, 0.2) is 0 Å². The van der Waals surface area contributed by atoms with Gasteiger partial charge in [-0.05, 0) is 66.3 Å². The monoisotopic (exact) mass is 276 g/mol. The van der Waals surface area contributed by atoms with Crippen molar-refractivity contribution in [2.75, 3.05) is 0 Å². The number of pyridine rings is 1. The smallest absolute Gasteiger partial charge is 0.252 e. The zero-order valence-corrected chi connectivity index (χ0v) is 12.1. The molecular formula is C18H16N2O. The van der Waals surface area contributed by atoms with Crippen LogP contribution in [0.3, 0.4) is 0 Å². The number of hydrogen-bond acceptors (Lipinski definition) is 2. The minimum Gasteiger partial charge on any atom is -0.343 e. The number of nitrogens with zero attached hydrogens (tertiary/aromatic N) is 1. The molecule has 1 saturated carbocycles. The highest BCUT2D eigenvalue weighted by atomic mass is 16.1. The lowest BCUT2D eigenvalue weighted by atomic mass is 9.95. The number of amides is 1. The lowest BCUT2D eigenvalue weighted by molar-refractivity contribution is -0.118. The summed E-state index contributed by atoms with van der Waals surface area (Å²) in [6.45, 7) is 3.99. The molecule has 0 radical (unpaired) electrons. The Labute approximate surface area is 123 Å². The zero-order chi connectivity index (χ0) is 14.6. The van der Waals surface area contributed by atoms with E-state index in [9.17, 15) is 4.79 Å². The first kappa shape index (κ1) is 12.3. The molecular weight excluding hydrogens is 260 g/mol. The first-order valence-corrected chi connectivity index (χ1v) is 7.16. The Morgan fingerprint density at radius 3 is 2.90 bits per heavy atom. The van der Waals surface area contributed by atoms with Crippen LogP contribution in [0.1, 0.15) is 25.8 Å². The van der Waals surface area contributed by atoms with Gasteiger partial charge in [0.2, 0.25) is 0 Å². The molecule has 3 aliphatic rings. The van der Waals surface area contributed by atoms with Gasteiger partial charge in [-0.25, -0.2) is 0 Å². The molecule has 0 unspecified atom stereocenters. The van der Waals surface area contributed by atoms with Crippen LogP contribution >= 0.6 is 0 Å². The first-order valence-electron chi connectivity index (χ1n) is 7.16. The van der Waals surface area contributed by atoms with Gasteiger partial charge in [-0.3, -0.25) is 9.78 Å². The van der Waals surface area contributed by atoms with E-state index in [1.165, 1.54) is 16.7 Å². The van der Waals surface area contributed by atoms with Gasteiger partial charge in [0.25, 0.3) is 5.91 Å². The molecule has 0 spiro atoms. The van der Waals surface area contributed by atoms with Crippen molar-refractivity contribution in [3.63, 3.8) is 0 Å². The van der Waals surface area contributed by atoms with Crippen LogP contribution in [-0.2, 0) is 10.3 Å². The van der Waals surface area contributed by atoms with Gasteiger partial charge in [-0.15, -0.1) is 0 Å². The summed E-state index contributed by atoms with van der Waals surface area (Å²) >= 11 is 0. The summed E-state index contributed by atoms with van der Waals surface area (Å²) < 4.78 is 0. The first-order chi connectivity index (χ1) is 10.1. The molecule has 3 aliphatic carbocycles. The molecule has 1 aromatic rings. The number of carbonyl (C=O) groups is 1. The third-order valence-electron chi connectivity index (χ3n) is 4.32. The van der Waals surface area contributed by atoms with Crippen LogP contribution in [0.2, 0.25) is 0 Å². The molecule has 1 amide bonds. The van der Waals surface area contributed by atoms with E-state index in [0.29, 0.717) is 0 Å². The SMILES string of the molecule is CC(C)(NC(=O)C1=C2C=C3CC3=C2C=C1)c1cccnc1. The Balaban J connectivity index is 1.61. The summed E-state index contributed by atoms with van der Waals surface area (Å²) in [5, 5.41) is 3.12. The van der Waals surface area contributed by atoms with Crippen molar-refractivity contribution in [3.05, 3.63) is 76.2 Å². The van der Waals surface area contributed by atoms with E-state index in [0.717, 1.165) is 23.1 Å². The van der Waals surface area contributed by atoms with E-state index < -0.39 is 5.54 Å². The molecule has 3 nitrogen and oxygen atoms in total.